The van der Waals surface area contributed by atoms with Gasteiger partial charge in [0.25, 0.3) is 0 Å². The zero-order valence-corrected chi connectivity index (χ0v) is 7.75. The zero-order chi connectivity index (χ0) is 9.26. The van der Waals surface area contributed by atoms with Gasteiger partial charge in [-0.25, -0.2) is 0 Å². The molecule has 0 aliphatic carbocycles. The van der Waals surface area contributed by atoms with E-state index < -0.39 is 0 Å². The van der Waals surface area contributed by atoms with E-state index in [9.17, 15) is 0 Å². The van der Waals surface area contributed by atoms with Gasteiger partial charge in [-0.3, -0.25) is 0 Å². The Morgan fingerprint density at radius 1 is 1.54 bits per heavy atom. The van der Waals surface area contributed by atoms with Crippen LogP contribution in [0.2, 0.25) is 0 Å². The average Bonchev–Trinajstić information content (AvgIpc) is 2.18. The smallest absolute Gasteiger partial charge is 0.0682 e. The molecule has 3 heteroatoms. The van der Waals surface area contributed by atoms with Crippen molar-refractivity contribution in [3.63, 3.8) is 0 Å². The highest BCUT2D eigenvalue weighted by Crippen LogP contribution is 2.28. The van der Waals surface area contributed by atoms with Crippen LogP contribution in [0.3, 0.4) is 0 Å². The Hall–Kier alpha value is -1.22. The number of likely N-dealkylation sites (N-methyl/N-ethyl adjacent to an activating group) is 1. The van der Waals surface area contributed by atoms with Crippen LogP contribution in [0.1, 0.15) is 5.56 Å². The van der Waals surface area contributed by atoms with Crippen LogP contribution in [0.5, 0.6) is 0 Å². The summed E-state index contributed by atoms with van der Waals surface area (Å²) in [5.74, 6) is 0. The molecule has 0 amide bonds. The molecule has 0 unspecified atom stereocenters. The predicted molar refractivity (Wildman–Crippen MR) is 54.1 cm³/mol. The number of aliphatic hydroxyl groups excluding tert-OH is 1. The fourth-order valence-corrected chi connectivity index (χ4v) is 1.62. The van der Waals surface area contributed by atoms with Crippen LogP contribution in [-0.4, -0.2) is 25.2 Å². The number of benzene rings is 1. The van der Waals surface area contributed by atoms with Crippen LogP contribution in [0.4, 0.5) is 11.4 Å². The van der Waals surface area contributed by atoms with Crippen molar-refractivity contribution >= 4 is 11.4 Å². The van der Waals surface area contributed by atoms with E-state index in [0.717, 1.165) is 24.3 Å². The van der Waals surface area contributed by atoms with Crippen LogP contribution in [0.25, 0.3) is 0 Å². The fraction of sp³-hybridized carbons (Fsp3) is 0.400. The highest BCUT2D eigenvalue weighted by molar-refractivity contribution is 5.72. The van der Waals surface area contributed by atoms with Crippen LogP contribution in [0.15, 0.2) is 18.2 Å². The van der Waals surface area contributed by atoms with Crippen molar-refractivity contribution in [2.45, 2.75) is 6.61 Å². The lowest BCUT2D eigenvalue weighted by Gasteiger charge is -2.28. The van der Waals surface area contributed by atoms with Gasteiger partial charge in [0.1, 0.15) is 0 Å². The first kappa shape index (κ1) is 8.38. The number of nitrogens with zero attached hydrogens (tertiary/aromatic N) is 1. The van der Waals surface area contributed by atoms with Gasteiger partial charge in [-0.2, -0.15) is 0 Å². The van der Waals surface area contributed by atoms with E-state index in [1.807, 2.05) is 18.2 Å². The van der Waals surface area contributed by atoms with Gasteiger partial charge in [-0.15, -0.1) is 0 Å². The summed E-state index contributed by atoms with van der Waals surface area (Å²) in [4.78, 5) is 2.20. The van der Waals surface area contributed by atoms with Crippen molar-refractivity contribution in [1.82, 2.24) is 0 Å². The van der Waals surface area contributed by atoms with E-state index in [1.54, 1.807) is 0 Å². The first-order chi connectivity index (χ1) is 6.31. The molecule has 1 aromatic rings. The van der Waals surface area contributed by atoms with Gasteiger partial charge in [0.2, 0.25) is 0 Å². The van der Waals surface area contributed by atoms with Crippen molar-refractivity contribution in [1.29, 1.82) is 0 Å². The molecule has 2 rings (SSSR count). The van der Waals surface area contributed by atoms with Crippen LogP contribution in [-0.2, 0) is 6.61 Å². The minimum atomic E-state index is 0.112. The van der Waals surface area contributed by atoms with Crippen molar-refractivity contribution in [3.8, 4) is 0 Å². The van der Waals surface area contributed by atoms with Gasteiger partial charge in [-0.1, -0.05) is 6.07 Å². The molecular weight excluding hydrogens is 164 g/mol. The number of rotatable bonds is 1. The number of anilines is 2. The molecular formula is C10H14N2O. The van der Waals surface area contributed by atoms with Gasteiger partial charge >= 0.3 is 0 Å². The van der Waals surface area contributed by atoms with E-state index in [4.69, 9.17) is 5.11 Å². The van der Waals surface area contributed by atoms with Gasteiger partial charge in [0.15, 0.2) is 0 Å². The molecule has 0 saturated carbocycles. The SMILES string of the molecule is CN1CCNc2ccc(CO)cc21. The highest BCUT2D eigenvalue weighted by atomic mass is 16.3. The van der Waals surface area contributed by atoms with E-state index >= 15 is 0 Å². The maximum absolute atomic E-state index is 8.99. The molecule has 0 spiro atoms. The Labute approximate surface area is 78.0 Å². The first-order valence-corrected chi connectivity index (χ1v) is 4.50. The van der Waals surface area contributed by atoms with E-state index in [0.29, 0.717) is 0 Å². The lowest BCUT2D eigenvalue weighted by molar-refractivity contribution is 0.282. The third-order valence-corrected chi connectivity index (χ3v) is 2.42. The largest absolute Gasteiger partial charge is 0.392 e. The lowest BCUT2D eigenvalue weighted by Crippen LogP contribution is -2.30. The second-order valence-corrected chi connectivity index (χ2v) is 3.36. The number of hydrogen-bond donors (Lipinski definition) is 2. The van der Waals surface area contributed by atoms with E-state index in [-0.39, 0.29) is 6.61 Å². The Balaban J connectivity index is 2.41. The molecule has 3 nitrogen and oxygen atoms in total. The lowest BCUT2D eigenvalue weighted by atomic mass is 10.1. The van der Waals surface area contributed by atoms with Gasteiger partial charge in [-0.05, 0) is 17.7 Å². The van der Waals surface area contributed by atoms with Crippen LogP contribution >= 0.6 is 0 Å². The molecule has 0 bridgehead atoms. The zero-order valence-electron chi connectivity index (χ0n) is 7.75. The molecule has 1 aliphatic rings. The second kappa shape index (κ2) is 3.26. The van der Waals surface area contributed by atoms with Crippen molar-refractivity contribution in [2.75, 3.05) is 30.4 Å². The Morgan fingerprint density at radius 3 is 3.15 bits per heavy atom. The molecule has 1 aliphatic heterocycles. The molecule has 0 radical (unpaired) electrons. The van der Waals surface area contributed by atoms with Gasteiger partial charge in [0.05, 0.1) is 18.0 Å². The Morgan fingerprint density at radius 2 is 2.38 bits per heavy atom. The molecule has 70 valence electrons. The summed E-state index contributed by atoms with van der Waals surface area (Å²) in [6, 6.07) is 6.00. The maximum Gasteiger partial charge on any atom is 0.0682 e. The van der Waals surface area contributed by atoms with E-state index in [1.165, 1.54) is 5.69 Å². The van der Waals surface area contributed by atoms with Crippen molar-refractivity contribution < 1.29 is 5.11 Å². The average molecular weight is 178 g/mol. The Kier molecular flexibility index (Phi) is 2.10. The quantitative estimate of drug-likeness (QED) is 0.674. The summed E-state index contributed by atoms with van der Waals surface area (Å²) in [5.41, 5.74) is 3.30. The number of aliphatic hydroxyl groups is 1. The molecule has 0 saturated heterocycles. The minimum Gasteiger partial charge on any atom is -0.392 e. The molecule has 0 atom stereocenters. The maximum atomic E-state index is 8.99. The van der Waals surface area contributed by atoms with Crippen LogP contribution in [0, 0.1) is 0 Å². The van der Waals surface area contributed by atoms with Gasteiger partial charge in [0, 0.05) is 20.1 Å². The molecule has 0 fully saturated rings. The summed E-state index contributed by atoms with van der Waals surface area (Å²) in [5, 5.41) is 12.3. The third kappa shape index (κ3) is 1.47. The molecule has 0 aromatic heterocycles. The van der Waals surface area contributed by atoms with Crippen LogP contribution < -0.4 is 10.2 Å². The highest BCUT2D eigenvalue weighted by Gasteiger charge is 2.12. The number of hydrogen-bond acceptors (Lipinski definition) is 3. The van der Waals surface area contributed by atoms with Crippen molar-refractivity contribution in [2.24, 2.45) is 0 Å². The second-order valence-electron chi connectivity index (χ2n) is 3.36. The monoisotopic (exact) mass is 178 g/mol. The number of nitrogens with one attached hydrogen (secondary N) is 1. The summed E-state index contributed by atoms with van der Waals surface area (Å²) in [7, 11) is 2.07. The summed E-state index contributed by atoms with van der Waals surface area (Å²) < 4.78 is 0. The summed E-state index contributed by atoms with van der Waals surface area (Å²) >= 11 is 0. The minimum absolute atomic E-state index is 0.112. The van der Waals surface area contributed by atoms with E-state index in [2.05, 4.69) is 17.3 Å². The first-order valence-electron chi connectivity index (χ1n) is 4.50. The normalized spacial score (nSPS) is 15.1. The molecule has 13 heavy (non-hydrogen) atoms. The Bertz CT molecular complexity index is 312. The molecule has 1 aromatic carbocycles. The topological polar surface area (TPSA) is 35.5 Å². The van der Waals surface area contributed by atoms with Crippen molar-refractivity contribution in [3.05, 3.63) is 23.8 Å². The standard InChI is InChI=1S/C10H14N2O/c1-12-5-4-11-9-3-2-8(7-13)6-10(9)12/h2-3,6,11,13H,4-5,7H2,1H3. The summed E-state index contributed by atoms with van der Waals surface area (Å²) in [6.07, 6.45) is 0. The molecule has 2 N–H and O–H groups in total. The number of fused-ring (bicyclic) bond motifs is 1. The third-order valence-electron chi connectivity index (χ3n) is 2.42. The summed E-state index contributed by atoms with van der Waals surface area (Å²) in [6.45, 7) is 2.12. The fourth-order valence-electron chi connectivity index (χ4n) is 1.62. The molecule has 1 heterocycles. The van der Waals surface area contributed by atoms with Gasteiger partial charge < -0.3 is 15.3 Å². The predicted octanol–water partition coefficient (Wildman–Crippen LogP) is 1.04.